The number of esters is 1. The Balaban J connectivity index is 1.79. The van der Waals surface area contributed by atoms with E-state index in [0.29, 0.717) is 17.9 Å². The molecule has 0 bridgehead atoms. The van der Waals surface area contributed by atoms with Crippen LogP contribution in [0.25, 0.3) is 6.08 Å². The van der Waals surface area contributed by atoms with Gasteiger partial charge in [-0.2, -0.15) is 0 Å². The molecule has 0 radical (unpaired) electrons. The van der Waals surface area contributed by atoms with Gasteiger partial charge in [0, 0.05) is 11.8 Å². The lowest BCUT2D eigenvalue weighted by Gasteiger charge is -2.09. The Kier molecular flexibility index (Phi) is 10.1. The van der Waals surface area contributed by atoms with E-state index in [1.807, 2.05) is 12.1 Å². The normalized spacial score (nSPS) is 11.4. The van der Waals surface area contributed by atoms with Gasteiger partial charge in [-0.25, -0.2) is 13.2 Å². The van der Waals surface area contributed by atoms with E-state index in [2.05, 4.69) is 11.6 Å². The maximum absolute atomic E-state index is 12.2. The first-order chi connectivity index (χ1) is 14.9. The van der Waals surface area contributed by atoms with E-state index in [1.54, 1.807) is 49.6 Å². The maximum atomic E-state index is 12.2. The molecule has 31 heavy (non-hydrogen) atoms. The van der Waals surface area contributed by atoms with Gasteiger partial charge in [0.15, 0.2) is 0 Å². The van der Waals surface area contributed by atoms with Crippen molar-refractivity contribution in [3.05, 3.63) is 60.2 Å². The zero-order valence-electron chi connectivity index (χ0n) is 18.2. The summed E-state index contributed by atoms with van der Waals surface area (Å²) in [6.07, 6.45) is 9.12. The number of nitrogens with one attached hydrogen (secondary N) is 1. The molecule has 0 amide bonds. The molecule has 0 aromatic heterocycles. The summed E-state index contributed by atoms with van der Waals surface area (Å²) < 4.78 is 37.3. The second-order valence-electron chi connectivity index (χ2n) is 7.24. The number of sulfonamides is 1. The van der Waals surface area contributed by atoms with Crippen molar-refractivity contribution < 1.29 is 22.7 Å². The highest BCUT2D eigenvalue weighted by molar-refractivity contribution is 7.92. The Labute approximate surface area is 185 Å². The zero-order chi connectivity index (χ0) is 22.5. The molecular weight excluding hydrogens is 414 g/mol. The predicted molar refractivity (Wildman–Crippen MR) is 125 cm³/mol. The lowest BCUT2D eigenvalue weighted by Crippen LogP contribution is -2.16. The number of unbranched alkanes of at least 4 members (excludes halogenated alkanes) is 5. The lowest BCUT2D eigenvalue weighted by molar-refractivity contribution is -0.128. The van der Waals surface area contributed by atoms with Gasteiger partial charge in [-0.05, 0) is 54.5 Å². The molecule has 7 heteroatoms. The van der Waals surface area contributed by atoms with E-state index in [1.165, 1.54) is 18.9 Å². The Bertz CT molecular complexity index is 935. The van der Waals surface area contributed by atoms with E-state index >= 15 is 0 Å². The molecule has 6 nitrogen and oxygen atoms in total. The van der Waals surface area contributed by atoms with Crippen molar-refractivity contribution in [1.82, 2.24) is 0 Å². The molecule has 0 aliphatic carbocycles. The fraction of sp³-hybridized carbons (Fsp3) is 0.375. The Morgan fingerprint density at radius 3 is 2.16 bits per heavy atom. The molecule has 2 aromatic rings. The topological polar surface area (TPSA) is 81.7 Å². The van der Waals surface area contributed by atoms with Crippen molar-refractivity contribution in [3.63, 3.8) is 0 Å². The van der Waals surface area contributed by atoms with E-state index in [-0.39, 0.29) is 5.75 Å². The minimum atomic E-state index is -3.39. The summed E-state index contributed by atoms with van der Waals surface area (Å²) >= 11 is 0. The molecule has 168 valence electrons. The summed E-state index contributed by atoms with van der Waals surface area (Å²) in [7, 11) is -1.79. The first-order valence-corrected chi connectivity index (χ1v) is 12.2. The number of benzene rings is 2. The van der Waals surface area contributed by atoms with Gasteiger partial charge >= 0.3 is 5.97 Å². The molecule has 0 fully saturated rings. The first kappa shape index (κ1) is 24.5. The highest BCUT2D eigenvalue weighted by atomic mass is 32.2. The van der Waals surface area contributed by atoms with E-state index in [4.69, 9.17) is 9.47 Å². The summed E-state index contributed by atoms with van der Waals surface area (Å²) in [6.45, 7) is 2.15. The van der Waals surface area contributed by atoms with Crippen LogP contribution in [0.15, 0.2) is 54.6 Å². The van der Waals surface area contributed by atoms with Crippen LogP contribution in [0.1, 0.15) is 51.0 Å². The number of carbonyl (C=O) groups excluding carboxylic acids is 1. The molecule has 0 aliphatic rings. The van der Waals surface area contributed by atoms with Crippen molar-refractivity contribution >= 4 is 27.8 Å². The van der Waals surface area contributed by atoms with Crippen LogP contribution in [0.4, 0.5) is 5.69 Å². The van der Waals surface area contributed by atoms with Crippen LogP contribution >= 0.6 is 0 Å². The van der Waals surface area contributed by atoms with Gasteiger partial charge in [0.05, 0.1) is 12.9 Å². The monoisotopic (exact) mass is 445 g/mol. The number of carbonyl (C=O) groups is 1. The Hall–Kier alpha value is -2.80. The quantitative estimate of drug-likeness (QED) is 0.193. The average Bonchev–Trinajstić information content (AvgIpc) is 2.76. The Morgan fingerprint density at radius 2 is 1.52 bits per heavy atom. The van der Waals surface area contributed by atoms with Crippen LogP contribution in [0.3, 0.4) is 0 Å². The molecule has 1 N–H and O–H groups in total. The molecule has 0 saturated heterocycles. The number of anilines is 1. The van der Waals surface area contributed by atoms with Gasteiger partial charge in [-0.15, -0.1) is 0 Å². The van der Waals surface area contributed by atoms with Gasteiger partial charge < -0.3 is 9.47 Å². The van der Waals surface area contributed by atoms with Crippen LogP contribution in [0.2, 0.25) is 0 Å². The summed E-state index contributed by atoms with van der Waals surface area (Å²) in [5.41, 5.74) is 1.28. The summed E-state index contributed by atoms with van der Waals surface area (Å²) in [5.74, 6) is 0.657. The Morgan fingerprint density at radius 1 is 0.903 bits per heavy atom. The van der Waals surface area contributed by atoms with E-state index in [0.717, 1.165) is 30.6 Å². The number of rotatable bonds is 13. The van der Waals surface area contributed by atoms with Gasteiger partial charge in [0.2, 0.25) is 10.0 Å². The number of hydrogen-bond donors (Lipinski definition) is 1. The standard InChI is InChI=1S/C24H31NO5S/c1-3-4-5-6-7-8-19-31(27,28)25-21-12-16-23(17-13-21)30-24(26)18-11-20-9-14-22(29-2)15-10-20/h9-18,25H,3-8,19H2,1-2H3. The molecule has 0 atom stereocenters. The van der Waals surface area contributed by atoms with Crippen LogP contribution < -0.4 is 14.2 Å². The van der Waals surface area contributed by atoms with Gasteiger partial charge in [-0.1, -0.05) is 51.2 Å². The van der Waals surface area contributed by atoms with Crippen LogP contribution in [-0.2, 0) is 14.8 Å². The summed E-state index contributed by atoms with van der Waals surface area (Å²) in [5, 5.41) is 0. The minimum absolute atomic E-state index is 0.103. The third kappa shape index (κ3) is 9.70. The van der Waals surface area contributed by atoms with E-state index < -0.39 is 16.0 Å². The highest BCUT2D eigenvalue weighted by Crippen LogP contribution is 2.18. The largest absolute Gasteiger partial charge is 0.497 e. The molecule has 0 spiro atoms. The summed E-state index contributed by atoms with van der Waals surface area (Å²) in [6, 6.07) is 13.5. The predicted octanol–water partition coefficient (Wildman–Crippen LogP) is 5.42. The molecule has 0 unspecified atom stereocenters. The highest BCUT2D eigenvalue weighted by Gasteiger charge is 2.10. The number of methoxy groups -OCH3 is 1. The van der Waals surface area contributed by atoms with Crippen LogP contribution in [0, 0.1) is 0 Å². The summed E-state index contributed by atoms with van der Waals surface area (Å²) in [4.78, 5) is 12.0. The van der Waals surface area contributed by atoms with E-state index in [9.17, 15) is 13.2 Å². The molecule has 0 heterocycles. The fourth-order valence-electron chi connectivity index (χ4n) is 2.92. The van der Waals surface area contributed by atoms with Gasteiger partial charge in [0.25, 0.3) is 0 Å². The van der Waals surface area contributed by atoms with Gasteiger partial charge in [-0.3, -0.25) is 4.72 Å². The van der Waals surface area contributed by atoms with Crippen molar-refractivity contribution in [2.75, 3.05) is 17.6 Å². The first-order valence-electron chi connectivity index (χ1n) is 10.6. The third-order valence-corrected chi connectivity index (χ3v) is 6.01. The van der Waals surface area contributed by atoms with Gasteiger partial charge in [0.1, 0.15) is 11.5 Å². The maximum Gasteiger partial charge on any atom is 0.336 e. The van der Waals surface area contributed by atoms with Crippen molar-refractivity contribution in [1.29, 1.82) is 0 Å². The smallest absolute Gasteiger partial charge is 0.336 e. The number of ether oxygens (including phenoxy) is 2. The molecule has 0 saturated carbocycles. The minimum Gasteiger partial charge on any atom is -0.497 e. The third-order valence-electron chi connectivity index (χ3n) is 4.64. The zero-order valence-corrected chi connectivity index (χ0v) is 19.0. The second kappa shape index (κ2) is 12.8. The molecular formula is C24H31NO5S. The van der Waals surface area contributed by atoms with Crippen molar-refractivity contribution in [2.45, 2.75) is 45.4 Å². The van der Waals surface area contributed by atoms with Crippen LogP contribution in [-0.4, -0.2) is 27.2 Å². The van der Waals surface area contributed by atoms with Crippen LogP contribution in [0.5, 0.6) is 11.5 Å². The van der Waals surface area contributed by atoms with Crippen molar-refractivity contribution in [3.8, 4) is 11.5 Å². The number of hydrogen-bond acceptors (Lipinski definition) is 5. The average molecular weight is 446 g/mol. The molecule has 2 aromatic carbocycles. The van der Waals surface area contributed by atoms with Crippen molar-refractivity contribution in [2.24, 2.45) is 0 Å². The molecule has 0 aliphatic heterocycles. The molecule has 2 rings (SSSR count). The fourth-order valence-corrected chi connectivity index (χ4v) is 4.10. The lowest BCUT2D eigenvalue weighted by atomic mass is 10.1. The second-order valence-corrected chi connectivity index (χ2v) is 9.08. The SMILES string of the molecule is CCCCCCCCS(=O)(=O)Nc1ccc(OC(=O)C=Cc2ccc(OC)cc2)cc1.